The van der Waals surface area contributed by atoms with E-state index in [4.69, 9.17) is 0 Å². The molecule has 0 unspecified atom stereocenters. The number of alkyl halides is 3. The lowest BCUT2D eigenvalue weighted by Gasteiger charge is -2.13. The van der Waals surface area contributed by atoms with Gasteiger partial charge in [-0.2, -0.15) is 13.2 Å². The van der Waals surface area contributed by atoms with Crippen LogP contribution in [0.3, 0.4) is 0 Å². The van der Waals surface area contributed by atoms with Crippen LogP contribution in [0, 0.1) is 15.9 Å². The number of nitro benzene ring substituents is 1. The fourth-order valence-corrected chi connectivity index (χ4v) is 1.82. The molecule has 1 N–H and O–H groups in total. The summed E-state index contributed by atoms with van der Waals surface area (Å²) < 4.78 is 53.8. The fourth-order valence-electron chi connectivity index (χ4n) is 1.37. The summed E-state index contributed by atoms with van der Waals surface area (Å²) in [6.45, 7) is 0. The predicted molar refractivity (Wildman–Crippen MR) is 66.8 cm³/mol. The monoisotopic (exact) mass is 388 g/mol. The van der Waals surface area contributed by atoms with Crippen LogP contribution in [0.4, 0.5) is 28.9 Å². The first-order valence-corrected chi connectivity index (χ1v) is 5.92. The topological polar surface area (TPSA) is 98.5 Å². The molecular formula is C10H5BrF4N2O5. The summed E-state index contributed by atoms with van der Waals surface area (Å²) >= 11 is 2.48. The van der Waals surface area contributed by atoms with Crippen LogP contribution >= 0.6 is 15.9 Å². The number of benzene rings is 1. The zero-order chi connectivity index (χ0) is 17.2. The molecule has 0 radical (unpaired) electrons. The van der Waals surface area contributed by atoms with E-state index in [2.05, 4.69) is 20.7 Å². The summed E-state index contributed by atoms with van der Waals surface area (Å²) in [6, 6.07) is 0.398. The van der Waals surface area contributed by atoms with Crippen molar-refractivity contribution in [2.24, 2.45) is 0 Å². The van der Waals surface area contributed by atoms with Crippen LogP contribution in [-0.4, -0.2) is 30.1 Å². The number of anilines is 1. The molecule has 1 aromatic carbocycles. The molecule has 0 aliphatic carbocycles. The molecule has 7 nitrogen and oxygen atoms in total. The number of esters is 1. The van der Waals surface area contributed by atoms with E-state index in [1.165, 1.54) is 5.32 Å². The minimum Gasteiger partial charge on any atom is -0.465 e. The largest absolute Gasteiger partial charge is 0.471 e. The molecule has 1 aromatic rings. The van der Waals surface area contributed by atoms with Gasteiger partial charge < -0.3 is 10.1 Å². The second-order valence-electron chi connectivity index (χ2n) is 3.64. The van der Waals surface area contributed by atoms with Crippen LogP contribution in [0.25, 0.3) is 0 Å². The first kappa shape index (κ1) is 17.8. The third-order valence-electron chi connectivity index (χ3n) is 2.28. The van der Waals surface area contributed by atoms with Crippen LogP contribution < -0.4 is 5.32 Å². The Bertz CT molecular complexity index is 662. The number of ether oxygens (including phenoxy) is 1. The van der Waals surface area contributed by atoms with Gasteiger partial charge in [0, 0.05) is 0 Å². The number of rotatable bonds is 3. The van der Waals surface area contributed by atoms with Crippen molar-refractivity contribution in [3.63, 3.8) is 0 Å². The highest BCUT2D eigenvalue weighted by molar-refractivity contribution is 9.10. The zero-order valence-corrected chi connectivity index (χ0v) is 12.0. The van der Waals surface area contributed by atoms with E-state index < -0.39 is 50.2 Å². The summed E-state index contributed by atoms with van der Waals surface area (Å²) in [7, 11) is 0.823. The molecule has 0 aliphatic heterocycles. The summed E-state index contributed by atoms with van der Waals surface area (Å²) in [5.74, 6) is -5.23. The highest BCUT2D eigenvalue weighted by Gasteiger charge is 2.41. The number of methoxy groups -OCH3 is 1. The second-order valence-corrected chi connectivity index (χ2v) is 4.44. The van der Waals surface area contributed by atoms with Gasteiger partial charge in [-0.15, -0.1) is 0 Å². The van der Waals surface area contributed by atoms with Gasteiger partial charge in [0.05, 0.1) is 17.6 Å². The highest BCUT2D eigenvalue weighted by atomic mass is 79.9. The molecule has 1 amide bonds. The lowest BCUT2D eigenvalue weighted by molar-refractivity contribution is -0.385. The Morgan fingerprint density at radius 3 is 2.36 bits per heavy atom. The van der Waals surface area contributed by atoms with E-state index in [0.29, 0.717) is 6.07 Å². The Morgan fingerprint density at radius 1 is 1.41 bits per heavy atom. The van der Waals surface area contributed by atoms with Crippen LogP contribution in [0.2, 0.25) is 0 Å². The summed E-state index contributed by atoms with van der Waals surface area (Å²) in [4.78, 5) is 32.0. The molecule has 0 heterocycles. The number of hydrogen-bond donors (Lipinski definition) is 1. The highest BCUT2D eigenvalue weighted by Crippen LogP contribution is 2.39. The van der Waals surface area contributed by atoms with Crippen LogP contribution in [0.15, 0.2) is 10.5 Å². The molecule has 0 atom stereocenters. The first-order valence-electron chi connectivity index (χ1n) is 5.13. The smallest absolute Gasteiger partial charge is 0.465 e. The molecular weight excluding hydrogens is 384 g/mol. The Hall–Kier alpha value is -2.24. The molecule has 1 rings (SSSR count). The quantitative estimate of drug-likeness (QED) is 0.371. The average molecular weight is 389 g/mol. The maximum Gasteiger partial charge on any atom is 0.471 e. The van der Waals surface area contributed by atoms with Crippen molar-refractivity contribution >= 4 is 39.2 Å². The van der Waals surface area contributed by atoms with Gasteiger partial charge in [-0.1, -0.05) is 0 Å². The standard InChI is InChI=1S/C10H5BrF4N2O5/c1-22-8(18)3-2-4(12)5(11)7(17(20)21)6(3)16-9(19)10(13,14)15/h2H,1H3,(H,16,19). The number of halogens is 5. The van der Waals surface area contributed by atoms with Gasteiger partial charge >= 0.3 is 23.7 Å². The SMILES string of the molecule is COC(=O)c1cc(F)c(Br)c([N+](=O)[O-])c1NC(=O)C(F)(F)F. The number of nitrogens with one attached hydrogen (secondary N) is 1. The molecule has 120 valence electrons. The lowest BCUT2D eigenvalue weighted by atomic mass is 10.1. The lowest BCUT2D eigenvalue weighted by Crippen LogP contribution is -2.31. The van der Waals surface area contributed by atoms with Crippen molar-refractivity contribution in [2.45, 2.75) is 6.18 Å². The molecule has 0 bridgehead atoms. The Balaban J connectivity index is 3.63. The van der Waals surface area contributed by atoms with Gasteiger partial charge in [-0.3, -0.25) is 14.9 Å². The van der Waals surface area contributed by atoms with E-state index in [1.807, 2.05) is 0 Å². The van der Waals surface area contributed by atoms with Crippen LogP contribution in [-0.2, 0) is 9.53 Å². The van der Waals surface area contributed by atoms with Gasteiger partial charge in [0.1, 0.15) is 16.0 Å². The molecule has 0 aromatic heterocycles. The van der Waals surface area contributed by atoms with Gasteiger partial charge in [0.15, 0.2) is 0 Å². The summed E-state index contributed by atoms with van der Waals surface area (Å²) in [5.41, 5.74) is -3.32. The molecule has 0 fully saturated rings. The van der Waals surface area contributed by atoms with E-state index in [-0.39, 0.29) is 0 Å². The number of nitrogens with zero attached hydrogens (tertiary/aromatic N) is 1. The first-order chi connectivity index (χ1) is 10.0. The number of amides is 1. The number of carbonyl (C=O) groups excluding carboxylic acids is 2. The average Bonchev–Trinajstić information content (AvgIpc) is 2.40. The third-order valence-corrected chi connectivity index (χ3v) is 3.03. The maximum atomic E-state index is 13.6. The van der Waals surface area contributed by atoms with E-state index >= 15 is 0 Å². The van der Waals surface area contributed by atoms with Gasteiger partial charge in [-0.05, 0) is 22.0 Å². The van der Waals surface area contributed by atoms with Crippen LogP contribution in [0.5, 0.6) is 0 Å². The van der Waals surface area contributed by atoms with Crippen molar-refractivity contribution in [3.05, 3.63) is 32.0 Å². The minimum atomic E-state index is -5.37. The second kappa shape index (κ2) is 6.25. The summed E-state index contributed by atoms with van der Waals surface area (Å²) in [5, 5.41) is 12.1. The zero-order valence-electron chi connectivity index (χ0n) is 10.5. The number of carbonyl (C=O) groups is 2. The molecule has 0 saturated heterocycles. The Morgan fingerprint density at radius 2 is 1.95 bits per heavy atom. The number of nitro groups is 1. The molecule has 0 aliphatic rings. The van der Waals surface area contributed by atoms with Gasteiger partial charge in [0.25, 0.3) is 0 Å². The van der Waals surface area contributed by atoms with E-state index in [9.17, 15) is 37.3 Å². The molecule has 0 saturated carbocycles. The van der Waals surface area contributed by atoms with E-state index in [0.717, 1.165) is 7.11 Å². The predicted octanol–water partition coefficient (Wildman–Crippen LogP) is 2.78. The molecule has 0 spiro atoms. The van der Waals surface area contributed by atoms with Gasteiger partial charge in [-0.25, -0.2) is 9.18 Å². The van der Waals surface area contributed by atoms with Gasteiger partial charge in [0.2, 0.25) is 0 Å². The minimum absolute atomic E-state index is 0.398. The third kappa shape index (κ3) is 3.50. The van der Waals surface area contributed by atoms with Crippen molar-refractivity contribution < 1.29 is 36.8 Å². The normalized spacial score (nSPS) is 11.0. The van der Waals surface area contributed by atoms with Crippen molar-refractivity contribution in [2.75, 3.05) is 12.4 Å². The Labute approximate surface area is 127 Å². The molecule has 12 heteroatoms. The van der Waals surface area contributed by atoms with Crippen molar-refractivity contribution in [1.82, 2.24) is 0 Å². The van der Waals surface area contributed by atoms with Crippen molar-refractivity contribution in [3.8, 4) is 0 Å². The Kier molecular flexibility index (Phi) is 5.06. The van der Waals surface area contributed by atoms with Crippen molar-refractivity contribution in [1.29, 1.82) is 0 Å². The van der Waals surface area contributed by atoms with Crippen LogP contribution in [0.1, 0.15) is 10.4 Å². The number of hydrogen-bond acceptors (Lipinski definition) is 5. The molecule has 22 heavy (non-hydrogen) atoms. The summed E-state index contributed by atoms with van der Waals surface area (Å²) in [6.07, 6.45) is -5.37. The maximum absolute atomic E-state index is 13.6. The van der Waals surface area contributed by atoms with E-state index in [1.54, 1.807) is 0 Å². The fraction of sp³-hybridized carbons (Fsp3) is 0.200.